The lowest BCUT2D eigenvalue weighted by Gasteiger charge is -2.26. The van der Waals surface area contributed by atoms with E-state index in [-0.39, 0.29) is 11.4 Å². The summed E-state index contributed by atoms with van der Waals surface area (Å²) in [7, 11) is 0. The molecule has 1 aromatic rings. The molecular weight excluding hydrogens is 176 g/mol. The number of carbonyl (C=O) groups is 1. The summed E-state index contributed by atoms with van der Waals surface area (Å²) in [6.07, 6.45) is 1.90. The minimum atomic E-state index is -0.276. The van der Waals surface area contributed by atoms with Gasteiger partial charge in [0.2, 0.25) is 5.91 Å². The largest absolute Gasteiger partial charge is 0.370 e. The van der Waals surface area contributed by atoms with Crippen LogP contribution in [0.4, 0.5) is 11.4 Å². The summed E-state index contributed by atoms with van der Waals surface area (Å²) in [6.45, 7) is 2.02. The summed E-state index contributed by atoms with van der Waals surface area (Å²) in [6, 6.07) is 6.08. The van der Waals surface area contributed by atoms with E-state index in [0.717, 1.165) is 29.8 Å². The Kier molecular flexibility index (Phi) is 1.29. The molecule has 0 saturated heterocycles. The van der Waals surface area contributed by atoms with Gasteiger partial charge in [0.05, 0.1) is 11.4 Å². The molecule has 1 aromatic carbocycles. The minimum Gasteiger partial charge on any atom is -0.370 e. The van der Waals surface area contributed by atoms with Crippen molar-refractivity contribution in [3.05, 3.63) is 23.8 Å². The van der Waals surface area contributed by atoms with Gasteiger partial charge in [0.1, 0.15) is 5.54 Å². The van der Waals surface area contributed by atoms with Crippen LogP contribution in [0.3, 0.4) is 0 Å². The predicted octanol–water partition coefficient (Wildman–Crippen LogP) is 1.89. The molecule has 3 heteroatoms. The highest BCUT2D eigenvalue weighted by molar-refractivity contribution is 6.08. The first kappa shape index (κ1) is 7.85. The van der Waals surface area contributed by atoms with Crippen molar-refractivity contribution in [3.63, 3.8) is 0 Å². The molecule has 1 heterocycles. The van der Waals surface area contributed by atoms with Crippen molar-refractivity contribution >= 4 is 17.3 Å². The molecule has 2 aliphatic rings. The second kappa shape index (κ2) is 2.29. The first-order valence-electron chi connectivity index (χ1n) is 4.90. The van der Waals surface area contributed by atoms with E-state index in [1.165, 1.54) is 0 Å². The summed E-state index contributed by atoms with van der Waals surface area (Å²) in [5.41, 5.74) is 2.85. The highest BCUT2D eigenvalue weighted by Crippen LogP contribution is 2.44. The number of hydrogen-bond acceptors (Lipinski definition) is 2. The lowest BCUT2D eigenvalue weighted by atomic mass is 10.1. The molecule has 2 N–H and O–H groups in total. The molecule has 0 radical (unpaired) electrons. The van der Waals surface area contributed by atoms with E-state index in [0.29, 0.717) is 0 Å². The van der Waals surface area contributed by atoms with Crippen LogP contribution in [-0.2, 0) is 4.79 Å². The van der Waals surface area contributed by atoms with E-state index in [9.17, 15) is 4.79 Å². The highest BCUT2D eigenvalue weighted by atomic mass is 16.2. The third kappa shape index (κ3) is 0.953. The number of amides is 1. The second-order valence-corrected chi connectivity index (χ2v) is 4.21. The number of carbonyl (C=O) groups excluding carboxylic acids is 1. The zero-order valence-electron chi connectivity index (χ0n) is 8.05. The molecule has 1 aliphatic carbocycles. The van der Waals surface area contributed by atoms with E-state index in [2.05, 4.69) is 16.7 Å². The smallest absolute Gasteiger partial charge is 0.250 e. The molecule has 3 rings (SSSR count). The van der Waals surface area contributed by atoms with Gasteiger partial charge in [-0.15, -0.1) is 0 Å². The number of rotatable bonds is 0. The van der Waals surface area contributed by atoms with Crippen molar-refractivity contribution in [1.29, 1.82) is 0 Å². The second-order valence-electron chi connectivity index (χ2n) is 4.21. The van der Waals surface area contributed by atoms with Crippen LogP contribution in [0.15, 0.2) is 18.2 Å². The molecule has 1 fully saturated rings. The zero-order chi connectivity index (χ0) is 9.76. The molecule has 1 amide bonds. The average Bonchev–Trinajstić information content (AvgIpc) is 2.89. The fourth-order valence-electron chi connectivity index (χ4n) is 1.90. The van der Waals surface area contributed by atoms with Gasteiger partial charge in [-0.05, 0) is 37.5 Å². The van der Waals surface area contributed by atoms with E-state index < -0.39 is 0 Å². The normalized spacial score (nSPS) is 21.1. The third-order valence-electron chi connectivity index (χ3n) is 2.98. The Labute approximate surface area is 82.5 Å². The van der Waals surface area contributed by atoms with Crippen LogP contribution < -0.4 is 10.6 Å². The van der Waals surface area contributed by atoms with Crippen LogP contribution in [-0.4, -0.2) is 11.4 Å². The molecule has 0 atom stereocenters. The maximum absolute atomic E-state index is 11.7. The van der Waals surface area contributed by atoms with Gasteiger partial charge in [-0.25, -0.2) is 0 Å². The van der Waals surface area contributed by atoms with E-state index in [1.54, 1.807) is 0 Å². The summed E-state index contributed by atoms with van der Waals surface area (Å²) in [5, 5.41) is 6.26. The van der Waals surface area contributed by atoms with Crippen LogP contribution in [0, 0.1) is 6.92 Å². The predicted molar refractivity (Wildman–Crippen MR) is 55.4 cm³/mol. The monoisotopic (exact) mass is 188 g/mol. The zero-order valence-corrected chi connectivity index (χ0v) is 8.05. The van der Waals surface area contributed by atoms with Gasteiger partial charge in [-0.3, -0.25) is 4.79 Å². The number of anilines is 2. The van der Waals surface area contributed by atoms with Crippen molar-refractivity contribution in [2.45, 2.75) is 25.3 Å². The topological polar surface area (TPSA) is 41.1 Å². The van der Waals surface area contributed by atoms with Gasteiger partial charge in [0.15, 0.2) is 0 Å². The lowest BCUT2D eigenvalue weighted by molar-refractivity contribution is -0.117. The van der Waals surface area contributed by atoms with Crippen molar-refractivity contribution in [2.75, 3.05) is 10.6 Å². The Morgan fingerprint density at radius 3 is 2.79 bits per heavy atom. The van der Waals surface area contributed by atoms with Crippen LogP contribution in [0.5, 0.6) is 0 Å². The lowest BCUT2D eigenvalue weighted by Crippen LogP contribution is -2.40. The molecule has 14 heavy (non-hydrogen) atoms. The SMILES string of the molecule is Cc1ccc2c(c1)NC(=O)C1(CC1)N2. The number of nitrogens with one attached hydrogen (secondary N) is 2. The van der Waals surface area contributed by atoms with Crippen LogP contribution in [0.25, 0.3) is 0 Å². The maximum atomic E-state index is 11.7. The van der Waals surface area contributed by atoms with Gasteiger partial charge < -0.3 is 10.6 Å². The Morgan fingerprint density at radius 2 is 2.07 bits per heavy atom. The van der Waals surface area contributed by atoms with Crippen LogP contribution in [0.2, 0.25) is 0 Å². The Balaban J connectivity index is 2.06. The van der Waals surface area contributed by atoms with Crippen LogP contribution in [0.1, 0.15) is 18.4 Å². The van der Waals surface area contributed by atoms with Crippen molar-refractivity contribution in [3.8, 4) is 0 Å². The van der Waals surface area contributed by atoms with Crippen molar-refractivity contribution < 1.29 is 4.79 Å². The van der Waals surface area contributed by atoms with Gasteiger partial charge in [-0.2, -0.15) is 0 Å². The van der Waals surface area contributed by atoms with E-state index >= 15 is 0 Å². The van der Waals surface area contributed by atoms with Gasteiger partial charge in [-0.1, -0.05) is 6.07 Å². The summed E-state index contributed by atoms with van der Waals surface area (Å²) in [5.74, 6) is 0.121. The number of fused-ring (bicyclic) bond motifs is 1. The minimum absolute atomic E-state index is 0.121. The van der Waals surface area contributed by atoms with Crippen LogP contribution >= 0.6 is 0 Å². The molecular formula is C11H12N2O. The molecule has 1 aliphatic heterocycles. The Hall–Kier alpha value is -1.51. The first-order valence-corrected chi connectivity index (χ1v) is 4.90. The summed E-state index contributed by atoms with van der Waals surface area (Å²) >= 11 is 0. The fourth-order valence-corrected chi connectivity index (χ4v) is 1.90. The fraction of sp³-hybridized carbons (Fsp3) is 0.364. The average molecular weight is 188 g/mol. The molecule has 0 unspecified atom stereocenters. The summed E-state index contributed by atoms with van der Waals surface area (Å²) in [4.78, 5) is 11.7. The standard InChI is InChI=1S/C11H12N2O/c1-7-2-3-8-9(6-7)12-10(14)11(13-8)4-5-11/h2-3,6,13H,4-5H2,1H3,(H,12,14). The number of benzene rings is 1. The molecule has 0 bridgehead atoms. The molecule has 3 nitrogen and oxygen atoms in total. The number of hydrogen-bond donors (Lipinski definition) is 2. The molecule has 0 aromatic heterocycles. The quantitative estimate of drug-likeness (QED) is 0.652. The van der Waals surface area contributed by atoms with Gasteiger partial charge in [0, 0.05) is 0 Å². The van der Waals surface area contributed by atoms with Gasteiger partial charge in [0.25, 0.3) is 0 Å². The van der Waals surface area contributed by atoms with E-state index in [1.807, 2.05) is 19.1 Å². The molecule has 72 valence electrons. The van der Waals surface area contributed by atoms with E-state index in [4.69, 9.17) is 0 Å². The Morgan fingerprint density at radius 1 is 1.29 bits per heavy atom. The number of aryl methyl sites for hydroxylation is 1. The maximum Gasteiger partial charge on any atom is 0.250 e. The van der Waals surface area contributed by atoms with Crippen molar-refractivity contribution in [1.82, 2.24) is 0 Å². The molecule has 1 saturated carbocycles. The first-order chi connectivity index (χ1) is 6.70. The third-order valence-corrected chi connectivity index (χ3v) is 2.98. The highest BCUT2D eigenvalue weighted by Gasteiger charge is 2.52. The van der Waals surface area contributed by atoms with Gasteiger partial charge >= 0.3 is 0 Å². The Bertz CT molecular complexity index is 421. The summed E-state index contributed by atoms with van der Waals surface area (Å²) < 4.78 is 0. The van der Waals surface area contributed by atoms with Crippen molar-refractivity contribution in [2.24, 2.45) is 0 Å². The molecule has 1 spiro atoms.